The standard InChI is InChI=1S/C19H20N4O/c1-22(2)18-10-7-16(14-20-18)21-19(24)13-15-5-8-17(9-6-15)23-11-3-4-12-23/h3-12,14H,13H2,1-2H3,(H,21,24). The number of pyridine rings is 1. The second-order valence-corrected chi connectivity index (χ2v) is 5.78. The molecule has 0 saturated heterocycles. The molecule has 0 unspecified atom stereocenters. The summed E-state index contributed by atoms with van der Waals surface area (Å²) in [6, 6.07) is 15.7. The van der Waals surface area contributed by atoms with Crippen molar-refractivity contribution in [3.63, 3.8) is 0 Å². The van der Waals surface area contributed by atoms with Crippen LogP contribution in [0.25, 0.3) is 5.69 Å². The van der Waals surface area contributed by atoms with E-state index in [9.17, 15) is 4.79 Å². The molecule has 3 rings (SSSR count). The lowest BCUT2D eigenvalue weighted by Crippen LogP contribution is -2.15. The van der Waals surface area contributed by atoms with E-state index in [1.165, 1.54) is 0 Å². The van der Waals surface area contributed by atoms with Crippen LogP contribution in [0.2, 0.25) is 0 Å². The quantitative estimate of drug-likeness (QED) is 0.786. The number of rotatable bonds is 5. The molecule has 3 aromatic rings. The van der Waals surface area contributed by atoms with E-state index in [2.05, 4.69) is 10.3 Å². The van der Waals surface area contributed by atoms with Gasteiger partial charge in [0.25, 0.3) is 0 Å². The molecule has 24 heavy (non-hydrogen) atoms. The molecule has 5 nitrogen and oxygen atoms in total. The molecular formula is C19H20N4O. The Morgan fingerprint density at radius 2 is 1.79 bits per heavy atom. The van der Waals surface area contributed by atoms with E-state index >= 15 is 0 Å². The highest BCUT2D eigenvalue weighted by Crippen LogP contribution is 2.13. The van der Waals surface area contributed by atoms with Crippen LogP contribution in [-0.4, -0.2) is 29.6 Å². The van der Waals surface area contributed by atoms with Crippen molar-refractivity contribution < 1.29 is 4.79 Å². The summed E-state index contributed by atoms with van der Waals surface area (Å²) in [5, 5.41) is 2.87. The van der Waals surface area contributed by atoms with Crippen LogP contribution in [0, 0.1) is 0 Å². The predicted octanol–water partition coefficient (Wildman–Crippen LogP) is 3.12. The number of nitrogens with one attached hydrogen (secondary N) is 1. The number of carbonyl (C=O) groups excluding carboxylic acids is 1. The lowest BCUT2D eigenvalue weighted by molar-refractivity contribution is -0.115. The minimum atomic E-state index is -0.0527. The van der Waals surface area contributed by atoms with Crippen LogP contribution in [0.5, 0.6) is 0 Å². The van der Waals surface area contributed by atoms with E-state index in [1.54, 1.807) is 6.20 Å². The highest BCUT2D eigenvalue weighted by atomic mass is 16.1. The fraction of sp³-hybridized carbons (Fsp3) is 0.158. The Morgan fingerprint density at radius 1 is 1.08 bits per heavy atom. The van der Waals surface area contributed by atoms with Gasteiger partial charge in [0.05, 0.1) is 18.3 Å². The van der Waals surface area contributed by atoms with E-state index < -0.39 is 0 Å². The highest BCUT2D eigenvalue weighted by Gasteiger charge is 2.06. The van der Waals surface area contributed by atoms with Crippen LogP contribution in [0.1, 0.15) is 5.56 Å². The number of aromatic nitrogens is 2. The zero-order valence-corrected chi connectivity index (χ0v) is 13.8. The van der Waals surface area contributed by atoms with Crippen molar-refractivity contribution in [1.29, 1.82) is 0 Å². The lowest BCUT2D eigenvalue weighted by Gasteiger charge is -2.11. The van der Waals surface area contributed by atoms with Crippen LogP contribution in [-0.2, 0) is 11.2 Å². The van der Waals surface area contributed by atoms with E-state index in [0.717, 1.165) is 17.1 Å². The van der Waals surface area contributed by atoms with Crippen LogP contribution >= 0.6 is 0 Å². The average Bonchev–Trinajstić information content (AvgIpc) is 3.10. The molecule has 0 bridgehead atoms. The molecule has 1 amide bonds. The maximum absolute atomic E-state index is 12.2. The summed E-state index contributed by atoms with van der Waals surface area (Å²) < 4.78 is 2.03. The molecule has 1 N–H and O–H groups in total. The average molecular weight is 320 g/mol. The van der Waals surface area contributed by atoms with Gasteiger partial charge in [-0.25, -0.2) is 4.98 Å². The summed E-state index contributed by atoms with van der Waals surface area (Å²) in [6.45, 7) is 0. The summed E-state index contributed by atoms with van der Waals surface area (Å²) >= 11 is 0. The molecule has 2 aromatic heterocycles. The number of benzene rings is 1. The van der Waals surface area contributed by atoms with Gasteiger partial charge in [-0.05, 0) is 42.0 Å². The number of hydrogen-bond donors (Lipinski definition) is 1. The molecule has 1 aromatic carbocycles. The fourth-order valence-corrected chi connectivity index (χ4v) is 2.41. The largest absolute Gasteiger partial charge is 0.363 e. The first-order valence-corrected chi connectivity index (χ1v) is 7.77. The van der Waals surface area contributed by atoms with Gasteiger partial charge in [-0.2, -0.15) is 0 Å². The van der Waals surface area contributed by atoms with E-state index in [0.29, 0.717) is 12.1 Å². The molecular weight excluding hydrogens is 300 g/mol. The summed E-state index contributed by atoms with van der Waals surface area (Å²) in [6.07, 6.45) is 5.99. The SMILES string of the molecule is CN(C)c1ccc(NC(=O)Cc2ccc(-n3cccc3)cc2)cn1. The molecule has 0 aliphatic heterocycles. The summed E-state index contributed by atoms with van der Waals surface area (Å²) in [7, 11) is 3.86. The second kappa shape index (κ2) is 7.00. The van der Waals surface area contributed by atoms with Gasteiger partial charge in [0.2, 0.25) is 5.91 Å². The number of nitrogens with zero attached hydrogens (tertiary/aromatic N) is 3. The van der Waals surface area contributed by atoms with Gasteiger partial charge in [0.1, 0.15) is 5.82 Å². The Balaban J connectivity index is 1.60. The highest BCUT2D eigenvalue weighted by molar-refractivity contribution is 5.92. The fourth-order valence-electron chi connectivity index (χ4n) is 2.41. The molecule has 0 radical (unpaired) electrons. The third-order valence-electron chi connectivity index (χ3n) is 3.69. The monoisotopic (exact) mass is 320 g/mol. The van der Waals surface area contributed by atoms with Gasteiger partial charge in [-0.15, -0.1) is 0 Å². The van der Waals surface area contributed by atoms with Crippen LogP contribution in [0.4, 0.5) is 11.5 Å². The molecule has 0 spiro atoms. The Bertz CT molecular complexity index is 790. The molecule has 0 atom stereocenters. The molecule has 2 heterocycles. The summed E-state index contributed by atoms with van der Waals surface area (Å²) in [5.41, 5.74) is 2.75. The van der Waals surface area contributed by atoms with Crippen LogP contribution in [0.3, 0.4) is 0 Å². The maximum atomic E-state index is 12.2. The topological polar surface area (TPSA) is 50.2 Å². The zero-order valence-electron chi connectivity index (χ0n) is 13.8. The second-order valence-electron chi connectivity index (χ2n) is 5.78. The third-order valence-corrected chi connectivity index (χ3v) is 3.69. The number of amides is 1. The molecule has 0 aliphatic carbocycles. The number of anilines is 2. The molecule has 5 heteroatoms. The first-order valence-electron chi connectivity index (χ1n) is 7.77. The van der Waals surface area contributed by atoms with Crippen LogP contribution < -0.4 is 10.2 Å². The lowest BCUT2D eigenvalue weighted by atomic mass is 10.1. The van der Waals surface area contributed by atoms with E-state index in [1.807, 2.05) is 84.5 Å². The first-order chi connectivity index (χ1) is 11.6. The van der Waals surface area contributed by atoms with Gasteiger partial charge in [-0.3, -0.25) is 4.79 Å². The minimum Gasteiger partial charge on any atom is -0.363 e. The van der Waals surface area contributed by atoms with Crippen LogP contribution in [0.15, 0.2) is 67.1 Å². The summed E-state index contributed by atoms with van der Waals surface area (Å²) in [4.78, 5) is 18.4. The Morgan fingerprint density at radius 3 is 2.38 bits per heavy atom. The maximum Gasteiger partial charge on any atom is 0.228 e. The smallest absolute Gasteiger partial charge is 0.228 e. The number of carbonyl (C=O) groups is 1. The molecule has 0 aliphatic rings. The normalized spacial score (nSPS) is 10.4. The van der Waals surface area contributed by atoms with Gasteiger partial charge < -0.3 is 14.8 Å². The number of hydrogen-bond acceptors (Lipinski definition) is 3. The third kappa shape index (κ3) is 3.81. The zero-order chi connectivity index (χ0) is 16.9. The van der Waals surface area contributed by atoms with Crippen molar-refractivity contribution in [2.45, 2.75) is 6.42 Å². The van der Waals surface area contributed by atoms with Gasteiger partial charge in [0, 0.05) is 32.2 Å². The Labute approximate surface area is 141 Å². The Hall–Kier alpha value is -3.08. The van der Waals surface area contributed by atoms with E-state index in [4.69, 9.17) is 0 Å². The van der Waals surface area contributed by atoms with Crippen molar-refractivity contribution >= 4 is 17.4 Å². The van der Waals surface area contributed by atoms with Crippen molar-refractivity contribution in [3.05, 3.63) is 72.7 Å². The Kier molecular flexibility index (Phi) is 4.61. The molecule has 122 valence electrons. The van der Waals surface area contributed by atoms with Gasteiger partial charge in [0.15, 0.2) is 0 Å². The molecule has 0 fully saturated rings. The van der Waals surface area contributed by atoms with Crippen molar-refractivity contribution in [2.24, 2.45) is 0 Å². The van der Waals surface area contributed by atoms with Crippen molar-refractivity contribution in [2.75, 3.05) is 24.3 Å². The van der Waals surface area contributed by atoms with Gasteiger partial charge >= 0.3 is 0 Å². The first kappa shape index (κ1) is 15.8. The van der Waals surface area contributed by atoms with Gasteiger partial charge in [-0.1, -0.05) is 12.1 Å². The summed E-state index contributed by atoms with van der Waals surface area (Å²) in [5.74, 6) is 0.803. The minimum absolute atomic E-state index is 0.0527. The predicted molar refractivity (Wildman–Crippen MR) is 96.7 cm³/mol. The van der Waals surface area contributed by atoms with Crippen molar-refractivity contribution in [1.82, 2.24) is 9.55 Å². The molecule has 0 saturated carbocycles. The van der Waals surface area contributed by atoms with E-state index in [-0.39, 0.29) is 5.91 Å². The van der Waals surface area contributed by atoms with Crippen molar-refractivity contribution in [3.8, 4) is 5.69 Å².